The lowest BCUT2D eigenvalue weighted by molar-refractivity contribution is -0.137. The molecule has 2 atom stereocenters. The van der Waals surface area contributed by atoms with Crippen molar-refractivity contribution >= 4 is 41.2 Å². The Kier molecular flexibility index (Phi) is 24.3. The second-order valence-electron chi connectivity index (χ2n) is 9.69. The fourth-order valence-electron chi connectivity index (χ4n) is 3.50. The molecule has 13 heteroatoms. The molecule has 0 aliphatic heterocycles. The SMILES string of the molecule is CC(=O)CSC[C@H](C)C(=O)N[C@@H](CN)C(=O)NCCOCCOCC(=O)NCCCCCCCCCCC(=O)O. The fraction of sp³-hybridized carbons (Fsp3) is 0.815. The summed E-state index contributed by atoms with van der Waals surface area (Å²) in [6.45, 7) is 4.74. The van der Waals surface area contributed by atoms with Gasteiger partial charge in [0.2, 0.25) is 17.7 Å². The largest absolute Gasteiger partial charge is 0.481 e. The highest BCUT2D eigenvalue weighted by molar-refractivity contribution is 7.99. The number of carbonyl (C=O) groups excluding carboxylic acids is 4. The minimum atomic E-state index is -0.851. The normalized spacial score (nSPS) is 12.4. The van der Waals surface area contributed by atoms with Crippen LogP contribution in [-0.4, -0.2) is 98.2 Å². The highest BCUT2D eigenvalue weighted by atomic mass is 32.2. The molecule has 0 spiro atoms. The molecular formula is C27H50N4O8S. The van der Waals surface area contributed by atoms with Crippen molar-refractivity contribution in [3.05, 3.63) is 0 Å². The van der Waals surface area contributed by atoms with Gasteiger partial charge in [-0.05, 0) is 19.8 Å². The van der Waals surface area contributed by atoms with Gasteiger partial charge in [0.05, 0.1) is 25.6 Å². The van der Waals surface area contributed by atoms with Crippen LogP contribution in [0.15, 0.2) is 0 Å². The van der Waals surface area contributed by atoms with Gasteiger partial charge in [0.15, 0.2) is 0 Å². The molecule has 3 amide bonds. The van der Waals surface area contributed by atoms with Gasteiger partial charge in [-0.25, -0.2) is 0 Å². The van der Waals surface area contributed by atoms with Crippen LogP contribution in [0.5, 0.6) is 0 Å². The number of hydrogen-bond acceptors (Lipinski definition) is 9. The van der Waals surface area contributed by atoms with E-state index in [0.717, 1.165) is 51.4 Å². The maximum absolute atomic E-state index is 12.3. The topological polar surface area (TPSA) is 186 Å². The molecular weight excluding hydrogens is 540 g/mol. The van der Waals surface area contributed by atoms with E-state index in [0.29, 0.717) is 18.1 Å². The van der Waals surface area contributed by atoms with Crippen molar-refractivity contribution in [2.45, 2.75) is 77.7 Å². The summed E-state index contributed by atoms with van der Waals surface area (Å²) >= 11 is 1.37. The van der Waals surface area contributed by atoms with E-state index in [9.17, 15) is 24.0 Å². The van der Waals surface area contributed by atoms with Gasteiger partial charge in [0, 0.05) is 37.7 Å². The summed E-state index contributed by atoms with van der Waals surface area (Å²) in [5, 5.41) is 16.7. The number of carbonyl (C=O) groups is 5. The standard InChI is InChI=1S/C27H50N4O8S/c1-21(19-40-20-22(2)32)26(36)31-23(17-28)27(37)30-13-14-38-15-16-39-18-24(33)29-12-10-8-6-4-3-5-7-9-11-25(34)35/h21,23H,3-20,28H2,1-2H3,(H,29,33)(H,30,37)(H,31,36)(H,34,35)/t21-,23-/m0/s1. The molecule has 0 heterocycles. The molecule has 232 valence electrons. The number of ether oxygens (including phenoxy) is 2. The maximum Gasteiger partial charge on any atom is 0.303 e. The number of aliphatic carboxylic acids is 1. The zero-order chi connectivity index (χ0) is 30.0. The van der Waals surface area contributed by atoms with E-state index >= 15 is 0 Å². The molecule has 0 aromatic heterocycles. The number of nitrogens with one attached hydrogen (secondary N) is 3. The van der Waals surface area contributed by atoms with Crippen molar-refractivity contribution in [1.82, 2.24) is 16.0 Å². The molecule has 0 fully saturated rings. The third-order valence-corrected chi connectivity index (χ3v) is 7.13. The van der Waals surface area contributed by atoms with E-state index in [1.54, 1.807) is 6.92 Å². The summed E-state index contributed by atoms with van der Waals surface area (Å²) in [6.07, 6.45) is 8.32. The molecule has 0 rings (SSSR count). The van der Waals surface area contributed by atoms with Crippen LogP contribution in [0.4, 0.5) is 0 Å². The molecule has 0 bridgehead atoms. The first-order valence-corrected chi connectivity index (χ1v) is 15.3. The number of carboxylic acid groups (broad SMARTS) is 1. The molecule has 0 radical (unpaired) electrons. The van der Waals surface area contributed by atoms with Crippen molar-refractivity contribution in [2.75, 3.05) is 57.6 Å². The highest BCUT2D eigenvalue weighted by Gasteiger charge is 2.22. The second kappa shape index (κ2) is 25.7. The first-order valence-electron chi connectivity index (χ1n) is 14.2. The number of nitrogens with two attached hydrogens (primary N) is 1. The first kappa shape index (κ1) is 37.8. The molecule has 40 heavy (non-hydrogen) atoms. The van der Waals surface area contributed by atoms with Gasteiger partial charge in [0.25, 0.3) is 0 Å². The number of rotatable bonds is 27. The van der Waals surface area contributed by atoms with E-state index in [1.807, 2.05) is 0 Å². The van der Waals surface area contributed by atoms with Crippen LogP contribution in [-0.2, 0) is 33.4 Å². The lowest BCUT2D eigenvalue weighted by atomic mass is 10.1. The van der Waals surface area contributed by atoms with E-state index < -0.39 is 17.9 Å². The van der Waals surface area contributed by atoms with Gasteiger partial charge in [-0.1, -0.05) is 45.4 Å². The van der Waals surface area contributed by atoms with Crippen LogP contribution in [0, 0.1) is 5.92 Å². The number of thioether (sulfide) groups is 1. The predicted octanol–water partition coefficient (Wildman–Crippen LogP) is 1.25. The van der Waals surface area contributed by atoms with Crippen LogP contribution in [0.1, 0.15) is 71.6 Å². The Morgan fingerprint density at radius 3 is 2.08 bits per heavy atom. The van der Waals surface area contributed by atoms with Gasteiger partial charge in [0.1, 0.15) is 18.4 Å². The fourth-order valence-corrected chi connectivity index (χ4v) is 4.41. The van der Waals surface area contributed by atoms with Gasteiger partial charge >= 0.3 is 5.97 Å². The summed E-state index contributed by atoms with van der Waals surface area (Å²) in [6, 6.07) is -0.851. The Hall–Kier alpha value is -2.22. The molecule has 6 N–H and O–H groups in total. The van der Waals surface area contributed by atoms with E-state index in [1.165, 1.54) is 18.7 Å². The minimum Gasteiger partial charge on any atom is -0.481 e. The van der Waals surface area contributed by atoms with E-state index in [2.05, 4.69) is 16.0 Å². The summed E-state index contributed by atoms with van der Waals surface area (Å²) in [5.41, 5.74) is 5.64. The summed E-state index contributed by atoms with van der Waals surface area (Å²) < 4.78 is 10.7. The molecule has 0 aromatic rings. The minimum absolute atomic E-state index is 0.0417. The van der Waals surface area contributed by atoms with Crippen molar-refractivity contribution in [2.24, 2.45) is 11.7 Å². The quantitative estimate of drug-likeness (QED) is 0.0872. The predicted molar refractivity (Wildman–Crippen MR) is 155 cm³/mol. The van der Waals surface area contributed by atoms with Gasteiger partial charge in [-0.3, -0.25) is 24.0 Å². The van der Waals surface area contributed by atoms with Crippen LogP contribution in [0.2, 0.25) is 0 Å². The average molecular weight is 591 g/mol. The number of ketones is 1. The maximum atomic E-state index is 12.3. The lowest BCUT2D eigenvalue weighted by Gasteiger charge is -2.19. The molecule has 0 saturated heterocycles. The Bertz CT molecular complexity index is 741. The van der Waals surface area contributed by atoms with Crippen molar-refractivity contribution in [3.63, 3.8) is 0 Å². The van der Waals surface area contributed by atoms with E-state index in [4.69, 9.17) is 20.3 Å². The Morgan fingerprint density at radius 2 is 1.45 bits per heavy atom. The second-order valence-corrected chi connectivity index (χ2v) is 10.7. The zero-order valence-corrected chi connectivity index (χ0v) is 25.0. The Labute approximate surface area is 242 Å². The van der Waals surface area contributed by atoms with Crippen molar-refractivity contribution in [3.8, 4) is 0 Å². The smallest absolute Gasteiger partial charge is 0.303 e. The third-order valence-electron chi connectivity index (χ3n) is 5.78. The van der Waals surface area contributed by atoms with Crippen molar-refractivity contribution in [1.29, 1.82) is 0 Å². The number of Topliss-reactive ketones (excluding diaryl/α,β-unsaturated/α-hetero) is 1. The number of hydrogen-bond donors (Lipinski definition) is 5. The van der Waals surface area contributed by atoms with E-state index in [-0.39, 0.29) is 69.5 Å². The van der Waals surface area contributed by atoms with Crippen LogP contribution in [0.3, 0.4) is 0 Å². The van der Waals surface area contributed by atoms with Gasteiger partial charge in [-0.15, -0.1) is 0 Å². The average Bonchev–Trinajstić information content (AvgIpc) is 2.90. The first-order chi connectivity index (χ1) is 19.2. The lowest BCUT2D eigenvalue weighted by Crippen LogP contribution is -2.52. The van der Waals surface area contributed by atoms with Crippen LogP contribution < -0.4 is 21.7 Å². The number of unbranched alkanes of at least 4 members (excludes halogenated alkanes) is 7. The molecule has 12 nitrogen and oxygen atoms in total. The van der Waals surface area contributed by atoms with Crippen LogP contribution >= 0.6 is 11.8 Å². The zero-order valence-electron chi connectivity index (χ0n) is 24.2. The summed E-state index contributed by atoms with van der Waals surface area (Å²) in [7, 11) is 0. The highest BCUT2D eigenvalue weighted by Crippen LogP contribution is 2.10. The molecule has 0 aromatic carbocycles. The van der Waals surface area contributed by atoms with Crippen LogP contribution in [0.25, 0.3) is 0 Å². The number of amides is 3. The number of carboxylic acids is 1. The molecule has 0 saturated carbocycles. The summed E-state index contributed by atoms with van der Waals surface area (Å²) in [4.78, 5) is 57.8. The summed E-state index contributed by atoms with van der Waals surface area (Å²) in [5.74, 6) is -1.09. The van der Waals surface area contributed by atoms with Gasteiger partial charge in [-0.2, -0.15) is 11.8 Å². The Morgan fingerprint density at radius 1 is 0.825 bits per heavy atom. The molecule has 0 unspecified atom stereocenters. The van der Waals surface area contributed by atoms with Crippen molar-refractivity contribution < 1.29 is 38.6 Å². The molecule has 0 aliphatic rings. The monoisotopic (exact) mass is 590 g/mol. The Balaban J connectivity index is 3.66. The van der Waals surface area contributed by atoms with Gasteiger partial charge < -0.3 is 36.3 Å². The molecule has 0 aliphatic carbocycles. The third kappa shape index (κ3) is 23.6.